The van der Waals surface area contributed by atoms with Crippen molar-refractivity contribution < 1.29 is 23.6 Å². The lowest BCUT2D eigenvalue weighted by atomic mass is 10.1. The van der Waals surface area contributed by atoms with E-state index in [1.54, 1.807) is 72.8 Å². The van der Waals surface area contributed by atoms with Gasteiger partial charge in [0.25, 0.3) is 11.8 Å². The number of amides is 4. The van der Waals surface area contributed by atoms with Crippen molar-refractivity contribution in [1.29, 1.82) is 0 Å². The van der Waals surface area contributed by atoms with Crippen LogP contribution in [-0.2, 0) is 9.59 Å². The topological polar surface area (TPSA) is 130 Å². The Morgan fingerprint density at radius 3 is 2.02 bits per heavy atom. The zero-order valence-corrected chi connectivity index (χ0v) is 25.7. The van der Waals surface area contributed by atoms with Crippen LogP contribution in [0.4, 0.5) is 15.8 Å². The van der Waals surface area contributed by atoms with Gasteiger partial charge in [-0.05, 0) is 72.3 Å². The number of carbonyl (C=O) groups is 4. The largest absolute Gasteiger partial charge is 0.366 e. The number of halogens is 1. The number of benzene rings is 5. The van der Waals surface area contributed by atoms with Crippen LogP contribution >= 0.6 is 11.8 Å². The summed E-state index contributed by atoms with van der Waals surface area (Å²) in [6, 6.07) is 36.6. The number of carbonyl (C=O) groups excluding carboxylic acids is 4. The molecule has 0 aliphatic heterocycles. The number of hydrogen-bond acceptors (Lipinski definition) is 5. The number of primary amides is 1. The van der Waals surface area contributed by atoms with Gasteiger partial charge in [0.1, 0.15) is 16.8 Å². The number of hydrogen-bond donors (Lipinski definition) is 4. The van der Waals surface area contributed by atoms with Crippen LogP contribution in [0.5, 0.6) is 0 Å². The first-order chi connectivity index (χ1) is 22.8. The van der Waals surface area contributed by atoms with Crippen molar-refractivity contribution in [1.82, 2.24) is 5.32 Å². The second-order valence-electron chi connectivity index (χ2n) is 10.2. The molecule has 234 valence electrons. The first-order valence-corrected chi connectivity index (χ1v) is 15.3. The van der Waals surface area contributed by atoms with Gasteiger partial charge in [-0.1, -0.05) is 72.8 Å². The molecule has 0 aromatic heterocycles. The fraction of sp³-hybridized carbons (Fsp3) is 0.0270. The summed E-state index contributed by atoms with van der Waals surface area (Å²) >= 11 is 1.27. The molecule has 0 saturated heterocycles. The first-order valence-electron chi connectivity index (χ1n) is 14.4. The van der Waals surface area contributed by atoms with E-state index >= 15 is 0 Å². The molecule has 0 aliphatic rings. The van der Waals surface area contributed by atoms with Crippen LogP contribution in [0.2, 0.25) is 0 Å². The fourth-order valence-corrected chi connectivity index (χ4v) is 5.58. The predicted octanol–water partition coefficient (Wildman–Crippen LogP) is 6.81. The molecule has 5 N–H and O–H groups in total. The number of anilines is 2. The molecule has 1 atom stereocenters. The molecular formula is C37H29FN4O4S. The summed E-state index contributed by atoms with van der Waals surface area (Å²) < 4.78 is 14.5. The second kappa shape index (κ2) is 15.3. The molecule has 0 spiro atoms. The predicted molar refractivity (Wildman–Crippen MR) is 182 cm³/mol. The van der Waals surface area contributed by atoms with Crippen molar-refractivity contribution in [3.63, 3.8) is 0 Å². The van der Waals surface area contributed by atoms with Crippen LogP contribution in [0, 0.1) is 5.82 Å². The molecule has 5 aromatic rings. The molecule has 47 heavy (non-hydrogen) atoms. The summed E-state index contributed by atoms with van der Waals surface area (Å²) in [7, 11) is 0. The maximum Gasteiger partial charge on any atom is 0.272 e. The van der Waals surface area contributed by atoms with Crippen molar-refractivity contribution in [2.45, 2.75) is 10.1 Å². The highest BCUT2D eigenvalue weighted by Gasteiger charge is 2.23. The van der Waals surface area contributed by atoms with Gasteiger partial charge in [-0.3, -0.25) is 19.2 Å². The zero-order valence-electron chi connectivity index (χ0n) is 24.9. The molecule has 5 rings (SSSR count). The molecule has 4 amide bonds. The molecule has 8 nitrogen and oxygen atoms in total. The Morgan fingerprint density at radius 2 is 1.34 bits per heavy atom. The van der Waals surface area contributed by atoms with E-state index in [1.165, 1.54) is 48.2 Å². The standard InChI is InChI=1S/C37H29FN4O4S/c38-31-17-8-7-14-27(31)22-32(42-35(44)26-12-5-2-6-13-26)36(45)41-29-15-9-16-30(23-29)47-33(24-10-3-1-4-11-24)37(46)40-28-20-18-25(19-21-28)34(39)43/h1-23,33H,(H2,39,43)(H,40,46)(H,41,45)(H,42,44)/b32-22-. The van der Waals surface area contributed by atoms with Crippen LogP contribution < -0.4 is 21.7 Å². The highest BCUT2D eigenvalue weighted by atomic mass is 32.2. The van der Waals surface area contributed by atoms with Crippen molar-refractivity contribution in [2.24, 2.45) is 5.73 Å². The maximum absolute atomic E-state index is 14.5. The Bertz CT molecular complexity index is 1930. The van der Waals surface area contributed by atoms with Gasteiger partial charge < -0.3 is 21.7 Å². The van der Waals surface area contributed by atoms with Crippen molar-refractivity contribution >= 4 is 52.8 Å². The van der Waals surface area contributed by atoms with E-state index < -0.39 is 28.8 Å². The smallest absolute Gasteiger partial charge is 0.272 e. The van der Waals surface area contributed by atoms with E-state index in [2.05, 4.69) is 16.0 Å². The van der Waals surface area contributed by atoms with E-state index in [-0.39, 0.29) is 17.2 Å². The van der Waals surface area contributed by atoms with E-state index in [0.717, 1.165) is 5.56 Å². The van der Waals surface area contributed by atoms with Crippen LogP contribution in [0.1, 0.15) is 37.1 Å². The quantitative estimate of drug-likeness (QED) is 0.0928. The SMILES string of the molecule is NC(=O)c1ccc(NC(=O)C(Sc2cccc(NC(=O)/C(=C/c3ccccc3F)NC(=O)c3ccccc3)c2)c2ccccc2)cc1. The Morgan fingerprint density at radius 1 is 0.681 bits per heavy atom. The van der Waals surface area contributed by atoms with Crippen molar-refractivity contribution in [3.8, 4) is 0 Å². The van der Waals surface area contributed by atoms with Gasteiger partial charge in [-0.2, -0.15) is 0 Å². The van der Waals surface area contributed by atoms with Gasteiger partial charge >= 0.3 is 0 Å². The third-order valence-electron chi connectivity index (χ3n) is 6.86. The molecule has 0 saturated carbocycles. The minimum Gasteiger partial charge on any atom is -0.366 e. The summed E-state index contributed by atoms with van der Waals surface area (Å²) in [5, 5.41) is 7.59. The third kappa shape index (κ3) is 8.80. The summed E-state index contributed by atoms with van der Waals surface area (Å²) in [6.07, 6.45) is 1.27. The van der Waals surface area contributed by atoms with Crippen molar-refractivity contribution in [2.75, 3.05) is 10.6 Å². The number of thioether (sulfide) groups is 1. The number of nitrogens with one attached hydrogen (secondary N) is 3. The average molecular weight is 645 g/mol. The zero-order chi connectivity index (χ0) is 33.2. The Hall–Kier alpha value is -6.00. The van der Waals surface area contributed by atoms with E-state index in [4.69, 9.17) is 5.73 Å². The van der Waals surface area contributed by atoms with Gasteiger partial charge in [0, 0.05) is 33.0 Å². The molecule has 1 unspecified atom stereocenters. The van der Waals surface area contributed by atoms with Crippen molar-refractivity contribution in [3.05, 3.63) is 167 Å². The molecule has 0 bridgehead atoms. The average Bonchev–Trinajstić information content (AvgIpc) is 3.09. The van der Waals surface area contributed by atoms with Gasteiger partial charge in [-0.15, -0.1) is 11.8 Å². The lowest BCUT2D eigenvalue weighted by Gasteiger charge is -2.18. The minimum atomic E-state index is -0.681. The van der Waals surface area contributed by atoms with Gasteiger partial charge in [0.05, 0.1) is 0 Å². The van der Waals surface area contributed by atoms with Crippen LogP contribution in [0.25, 0.3) is 6.08 Å². The highest BCUT2D eigenvalue weighted by molar-refractivity contribution is 8.00. The summed E-state index contributed by atoms with van der Waals surface area (Å²) in [4.78, 5) is 52.1. The first kappa shape index (κ1) is 32.4. The molecular weight excluding hydrogens is 615 g/mol. The lowest BCUT2D eigenvalue weighted by Crippen LogP contribution is -2.30. The highest BCUT2D eigenvalue weighted by Crippen LogP contribution is 2.37. The summed E-state index contributed by atoms with van der Waals surface area (Å²) in [6.45, 7) is 0. The van der Waals surface area contributed by atoms with E-state index in [1.807, 2.05) is 30.3 Å². The van der Waals surface area contributed by atoms with Gasteiger partial charge in [-0.25, -0.2) is 4.39 Å². The van der Waals surface area contributed by atoms with Crippen LogP contribution in [0.15, 0.2) is 144 Å². The van der Waals surface area contributed by atoms with Crippen LogP contribution in [-0.4, -0.2) is 23.6 Å². The molecule has 0 aliphatic carbocycles. The second-order valence-corrected chi connectivity index (χ2v) is 11.4. The third-order valence-corrected chi connectivity index (χ3v) is 8.11. The summed E-state index contributed by atoms with van der Waals surface area (Å²) in [5.74, 6) is -2.63. The molecule has 0 heterocycles. The summed E-state index contributed by atoms with van der Waals surface area (Å²) in [5.41, 5.74) is 7.57. The Balaban J connectivity index is 1.37. The van der Waals surface area contributed by atoms with Gasteiger partial charge in [0.15, 0.2) is 0 Å². The van der Waals surface area contributed by atoms with Crippen LogP contribution in [0.3, 0.4) is 0 Å². The Labute approximate surface area is 274 Å². The maximum atomic E-state index is 14.5. The normalized spacial score (nSPS) is 11.6. The lowest BCUT2D eigenvalue weighted by molar-refractivity contribution is -0.116. The number of nitrogens with two attached hydrogens (primary N) is 1. The molecule has 0 fully saturated rings. The molecule has 0 radical (unpaired) electrons. The number of rotatable bonds is 11. The Kier molecular flexibility index (Phi) is 10.6. The van der Waals surface area contributed by atoms with Gasteiger partial charge in [0.2, 0.25) is 11.8 Å². The van der Waals surface area contributed by atoms with E-state index in [9.17, 15) is 23.6 Å². The molecule has 5 aromatic carbocycles. The fourth-order valence-electron chi connectivity index (χ4n) is 4.50. The molecule has 10 heteroatoms. The minimum absolute atomic E-state index is 0.122. The monoisotopic (exact) mass is 644 g/mol. The van der Waals surface area contributed by atoms with E-state index in [0.29, 0.717) is 27.4 Å².